The van der Waals surface area contributed by atoms with Crippen LogP contribution in [0.2, 0.25) is 0 Å². The van der Waals surface area contributed by atoms with Crippen LogP contribution in [0.25, 0.3) is 0 Å². The van der Waals surface area contributed by atoms with Crippen molar-refractivity contribution in [2.24, 2.45) is 5.92 Å². The van der Waals surface area contributed by atoms with E-state index < -0.39 is 0 Å². The summed E-state index contributed by atoms with van der Waals surface area (Å²) in [7, 11) is 1.96. The van der Waals surface area contributed by atoms with Crippen molar-refractivity contribution in [1.82, 2.24) is 10.2 Å². The Balaban J connectivity index is 1.52. The smallest absolute Gasteiger partial charge is 0.235 e. The second-order valence-electron chi connectivity index (χ2n) is 7.70. The summed E-state index contributed by atoms with van der Waals surface area (Å²) in [6.07, 6.45) is 7.62. The van der Waals surface area contributed by atoms with Gasteiger partial charge in [-0.05, 0) is 62.5 Å². The second-order valence-corrected chi connectivity index (χ2v) is 7.97. The molecule has 0 unspecified atom stereocenters. The highest BCUT2D eigenvalue weighted by atomic mass is 35.5. The summed E-state index contributed by atoms with van der Waals surface area (Å²) in [5.74, 6) is 0.340. The molecule has 1 fully saturated rings. The molecule has 0 radical (unpaired) electrons. The molecule has 2 amide bonds. The molecule has 0 atom stereocenters. The van der Waals surface area contributed by atoms with E-state index in [2.05, 4.69) is 29.6 Å². The molecule has 0 bridgehead atoms. The van der Waals surface area contributed by atoms with Gasteiger partial charge < -0.3 is 10.2 Å². The number of aryl methyl sites for hydroxylation is 2. The molecule has 0 aliphatic heterocycles. The lowest BCUT2D eigenvalue weighted by atomic mass is 9.89. The fourth-order valence-electron chi connectivity index (χ4n) is 4.44. The Labute approximate surface area is 161 Å². The van der Waals surface area contributed by atoms with Gasteiger partial charge in [0.25, 0.3) is 0 Å². The molecule has 0 aromatic heterocycles. The minimum Gasteiger partial charge on any atom is -0.352 e. The third-order valence-electron chi connectivity index (χ3n) is 6.07. The molecular formula is C21H29ClN2O2. The minimum absolute atomic E-state index is 0.0163. The topological polar surface area (TPSA) is 49.4 Å². The van der Waals surface area contributed by atoms with Gasteiger partial charge in [0, 0.05) is 25.0 Å². The average molecular weight is 377 g/mol. The molecule has 1 saturated carbocycles. The first-order chi connectivity index (χ1) is 12.6. The quantitative estimate of drug-likeness (QED) is 0.647. The SMILES string of the molecule is CN(C(=O)C1CCc2ccccc2CC1)C1CCC(NC(=O)CCl)CC1. The van der Waals surface area contributed by atoms with Crippen LogP contribution in [0, 0.1) is 5.92 Å². The predicted molar refractivity (Wildman–Crippen MR) is 104 cm³/mol. The molecule has 0 spiro atoms. The van der Waals surface area contributed by atoms with Gasteiger partial charge in [0.05, 0.1) is 0 Å². The van der Waals surface area contributed by atoms with Crippen molar-refractivity contribution in [3.63, 3.8) is 0 Å². The lowest BCUT2D eigenvalue weighted by Gasteiger charge is -2.36. The number of nitrogens with one attached hydrogen (secondary N) is 1. The fourth-order valence-corrected chi connectivity index (χ4v) is 4.51. The Morgan fingerprint density at radius 2 is 1.62 bits per heavy atom. The van der Waals surface area contributed by atoms with E-state index in [4.69, 9.17) is 11.6 Å². The van der Waals surface area contributed by atoms with Crippen molar-refractivity contribution in [1.29, 1.82) is 0 Å². The van der Waals surface area contributed by atoms with Gasteiger partial charge in [0.1, 0.15) is 5.88 Å². The van der Waals surface area contributed by atoms with Crippen LogP contribution in [-0.2, 0) is 22.4 Å². The van der Waals surface area contributed by atoms with Gasteiger partial charge in [0.15, 0.2) is 0 Å². The fraction of sp³-hybridized carbons (Fsp3) is 0.619. The third-order valence-corrected chi connectivity index (χ3v) is 6.31. The van der Waals surface area contributed by atoms with Gasteiger partial charge in [-0.3, -0.25) is 9.59 Å². The van der Waals surface area contributed by atoms with Crippen LogP contribution < -0.4 is 5.32 Å². The summed E-state index contributed by atoms with van der Waals surface area (Å²) in [6, 6.07) is 9.07. The lowest BCUT2D eigenvalue weighted by molar-refractivity contribution is -0.137. The van der Waals surface area contributed by atoms with Crippen molar-refractivity contribution in [3.8, 4) is 0 Å². The Bertz CT molecular complexity index is 614. The standard InChI is InChI=1S/C21H29ClN2O2/c1-24(19-12-10-18(11-13-19)23-20(25)14-22)21(26)17-8-6-15-4-2-3-5-16(15)7-9-17/h2-5,17-19H,6-14H2,1H3,(H,23,25). The van der Waals surface area contributed by atoms with Crippen LogP contribution >= 0.6 is 11.6 Å². The zero-order valence-electron chi connectivity index (χ0n) is 15.5. The van der Waals surface area contributed by atoms with Crippen LogP contribution in [0.5, 0.6) is 0 Å². The molecule has 2 aliphatic carbocycles. The van der Waals surface area contributed by atoms with Crippen molar-refractivity contribution in [2.45, 2.75) is 63.5 Å². The highest BCUT2D eigenvalue weighted by Crippen LogP contribution is 2.28. The number of benzene rings is 1. The number of halogens is 1. The minimum atomic E-state index is -0.0995. The molecule has 1 N–H and O–H groups in total. The maximum atomic E-state index is 13.0. The first-order valence-electron chi connectivity index (χ1n) is 9.77. The summed E-state index contributed by atoms with van der Waals surface area (Å²) in [5.41, 5.74) is 2.81. The number of carbonyl (C=O) groups is 2. The van der Waals surface area contributed by atoms with E-state index in [9.17, 15) is 9.59 Å². The van der Waals surface area contributed by atoms with Crippen LogP contribution in [-0.4, -0.2) is 41.7 Å². The molecule has 142 valence electrons. The number of hydrogen-bond acceptors (Lipinski definition) is 2. The maximum absolute atomic E-state index is 13.0. The van der Waals surface area contributed by atoms with Gasteiger partial charge in [-0.15, -0.1) is 11.6 Å². The van der Waals surface area contributed by atoms with Gasteiger partial charge in [-0.2, -0.15) is 0 Å². The summed E-state index contributed by atoms with van der Waals surface area (Å²) >= 11 is 5.56. The van der Waals surface area contributed by atoms with Gasteiger partial charge in [-0.1, -0.05) is 24.3 Å². The van der Waals surface area contributed by atoms with E-state index in [0.29, 0.717) is 5.91 Å². The van der Waals surface area contributed by atoms with Gasteiger partial charge >= 0.3 is 0 Å². The maximum Gasteiger partial charge on any atom is 0.235 e. The lowest BCUT2D eigenvalue weighted by Crippen LogP contribution is -2.46. The van der Waals surface area contributed by atoms with Crippen molar-refractivity contribution >= 4 is 23.4 Å². The number of amides is 2. The molecule has 1 aromatic carbocycles. The van der Waals surface area contributed by atoms with Crippen molar-refractivity contribution in [2.75, 3.05) is 12.9 Å². The summed E-state index contributed by atoms with van der Waals surface area (Å²) < 4.78 is 0. The molecule has 4 nitrogen and oxygen atoms in total. The zero-order valence-corrected chi connectivity index (χ0v) is 16.3. The molecule has 0 saturated heterocycles. The summed E-state index contributed by atoms with van der Waals surface area (Å²) in [6.45, 7) is 0. The Morgan fingerprint density at radius 1 is 1.04 bits per heavy atom. The van der Waals surface area contributed by atoms with Crippen molar-refractivity contribution in [3.05, 3.63) is 35.4 Å². The molecule has 26 heavy (non-hydrogen) atoms. The first-order valence-corrected chi connectivity index (χ1v) is 10.3. The number of carbonyl (C=O) groups excluding carboxylic acids is 2. The van der Waals surface area contributed by atoms with Crippen LogP contribution in [0.15, 0.2) is 24.3 Å². The van der Waals surface area contributed by atoms with Gasteiger partial charge in [-0.25, -0.2) is 0 Å². The molecule has 1 aromatic rings. The van der Waals surface area contributed by atoms with Crippen LogP contribution in [0.3, 0.4) is 0 Å². The van der Waals surface area contributed by atoms with Crippen molar-refractivity contribution < 1.29 is 9.59 Å². The zero-order chi connectivity index (χ0) is 18.5. The Hall–Kier alpha value is -1.55. The van der Waals surface area contributed by atoms with E-state index in [-0.39, 0.29) is 29.8 Å². The Kier molecular flexibility index (Phi) is 6.58. The number of rotatable bonds is 4. The number of nitrogens with zero attached hydrogens (tertiary/aromatic N) is 1. The highest BCUT2D eigenvalue weighted by Gasteiger charge is 2.31. The van der Waals surface area contributed by atoms with E-state index in [0.717, 1.165) is 51.4 Å². The molecule has 3 rings (SSSR count). The van der Waals surface area contributed by atoms with E-state index in [1.54, 1.807) is 0 Å². The molecule has 2 aliphatic rings. The second kappa shape index (κ2) is 8.90. The average Bonchev–Trinajstić information content (AvgIpc) is 2.90. The number of alkyl halides is 1. The number of hydrogen-bond donors (Lipinski definition) is 1. The molecular weight excluding hydrogens is 348 g/mol. The monoisotopic (exact) mass is 376 g/mol. The van der Waals surface area contributed by atoms with Crippen LogP contribution in [0.4, 0.5) is 0 Å². The largest absolute Gasteiger partial charge is 0.352 e. The normalized spacial score (nSPS) is 23.6. The van der Waals surface area contributed by atoms with E-state index >= 15 is 0 Å². The van der Waals surface area contributed by atoms with E-state index in [1.807, 2.05) is 11.9 Å². The summed E-state index contributed by atoms with van der Waals surface area (Å²) in [4.78, 5) is 26.5. The Morgan fingerprint density at radius 3 is 2.15 bits per heavy atom. The first kappa shape index (κ1) is 19.2. The third kappa shape index (κ3) is 4.59. The molecule has 0 heterocycles. The van der Waals surface area contributed by atoms with Gasteiger partial charge in [0.2, 0.25) is 11.8 Å². The highest BCUT2D eigenvalue weighted by molar-refractivity contribution is 6.27. The van der Waals surface area contributed by atoms with Crippen LogP contribution in [0.1, 0.15) is 49.7 Å². The summed E-state index contributed by atoms with van der Waals surface area (Å²) in [5, 5.41) is 2.96. The predicted octanol–water partition coefficient (Wildman–Crippen LogP) is 3.31. The molecule has 5 heteroatoms. The van der Waals surface area contributed by atoms with E-state index in [1.165, 1.54) is 11.1 Å². The number of fused-ring (bicyclic) bond motifs is 1.